The number of benzene rings is 1. The van der Waals surface area contributed by atoms with Crippen LogP contribution in [0.4, 0.5) is 0 Å². The number of amides is 1. The first-order valence-corrected chi connectivity index (χ1v) is 9.40. The number of hydrogen-bond donors (Lipinski definition) is 1. The average molecular weight is 383 g/mol. The Labute approximate surface area is 161 Å². The number of rotatable bonds is 6. The zero-order valence-corrected chi connectivity index (χ0v) is 16.5. The highest BCUT2D eigenvalue weighted by atomic mass is 32.2. The maximum absolute atomic E-state index is 12.3. The molecule has 0 fully saturated rings. The van der Waals surface area contributed by atoms with Crippen LogP contribution in [-0.2, 0) is 12.8 Å². The average Bonchev–Trinajstić information content (AvgIpc) is 3.22. The van der Waals surface area contributed by atoms with E-state index in [4.69, 9.17) is 4.42 Å². The van der Waals surface area contributed by atoms with Gasteiger partial charge in [0.15, 0.2) is 5.16 Å². The lowest BCUT2D eigenvalue weighted by molar-refractivity contribution is 0.0955. The van der Waals surface area contributed by atoms with E-state index < -0.39 is 0 Å². The van der Waals surface area contributed by atoms with Crippen LogP contribution in [0.2, 0.25) is 0 Å². The van der Waals surface area contributed by atoms with Gasteiger partial charge in [-0.15, -0.1) is 10.2 Å². The van der Waals surface area contributed by atoms with Crippen molar-refractivity contribution in [3.05, 3.63) is 64.9 Å². The third-order valence-corrected chi connectivity index (χ3v) is 5.12. The maximum Gasteiger partial charge on any atom is 0.271 e. The topological polar surface area (TPSA) is 85.3 Å². The molecule has 0 atom stereocenters. The number of carbonyl (C=O) groups is 1. The summed E-state index contributed by atoms with van der Waals surface area (Å²) < 4.78 is 7.36. The molecular weight excluding hydrogens is 362 g/mol. The summed E-state index contributed by atoms with van der Waals surface area (Å²) in [5.41, 5.74) is 5.85. The Morgan fingerprint density at radius 3 is 2.63 bits per heavy atom. The summed E-state index contributed by atoms with van der Waals surface area (Å²) in [4.78, 5) is 12.3. The van der Waals surface area contributed by atoms with Crippen molar-refractivity contribution in [1.29, 1.82) is 0 Å². The molecule has 2 heterocycles. The molecule has 0 saturated carbocycles. The van der Waals surface area contributed by atoms with E-state index in [1.54, 1.807) is 30.2 Å². The molecule has 0 unspecified atom stereocenters. The summed E-state index contributed by atoms with van der Waals surface area (Å²) in [6.45, 7) is 5.60. The quantitative estimate of drug-likeness (QED) is 0.400. The van der Waals surface area contributed by atoms with Gasteiger partial charge >= 0.3 is 0 Å². The van der Waals surface area contributed by atoms with E-state index in [0.717, 1.165) is 33.6 Å². The summed E-state index contributed by atoms with van der Waals surface area (Å²) in [6, 6.07) is 9.35. The monoisotopic (exact) mass is 383 g/mol. The number of furan rings is 1. The molecule has 0 aliphatic heterocycles. The van der Waals surface area contributed by atoms with Crippen LogP contribution >= 0.6 is 11.8 Å². The molecule has 0 bridgehead atoms. The number of thioether (sulfide) groups is 1. The fourth-order valence-electron chi connectivity index (χ4n) is 2.55. The van der Waals surface area contributed by atoms with E-state index >= 15 is 0 Å². The van der Waals surface area contributed by atoms with Gasteiger partial charge in [-0.2, -0.15) is 5.10 Å². The first-order valence-electron chi connectivity index (χ1n) is 8.42. The van der Waals surface area contributed by atoms with Crippen LogP contribution in [0.25, 0.3) is 0 Å². The number of aromatic nitrogens is 3. The normalized spacial score (nSPS) is 11.6. The van der Waals surface area contributed by atoms with Gasteiger partial charge < -0.3 is 8.98 Å². The van der Waals surface area contributed by atoms with Gasteiger partial charge in [0.25, 0.3) is 5.91 Å². The molecule has 0 aliphatic carbocycles. The largest absolute Gasteiger partial charge is 0.466 e. The maximum atomic E-state index is 12.3. The van der Waals surface area contributed by atoms with Crippen LogP contribution in [-0.4, -0.2) is 26.4 Å². The number of nitrogens with one attached hydrogen (secondary N) is 1. The molecule has 8 heteroatoms. The predicted octanol–water partition coefficient (Wildman–Crippen LogP) is 3.47. The molecule has 0 spiro atoms. The highest BCUT2D eigenvalue weighted by molar-refractivity contribution is 7.98. The van der Waals surface area contributed by atoms with Crippen molar-refractivity contribution in [2.45, 2.75) is 31.7 Å². The van der Waals surface area contributed by atoms with E-state index in [1.165, 1.54) is 0 Å². The Bertz CT molecular complexity index is 972. The highest BCUT2D eigenvalue weighted by Gasteiger charge is 2.10. The van der Waals surface area contributed by atoms with E-state index in [9.17, 15) is 4.79 Å². The first-order chi connectivity index (χ1) is 12.9. The van der Waals surface area contributed by atoms with Gasteiger partial charge in [0.05, 0.1) is 5.71 Å². The smallest absolute Gasteiger partial charge is 0.271 e. The molecule has 27 heavy (non-hydrogen) atoms. The second-order valence-corrected chi connectivity index (χ2v) is 7.12. The molecule has 3 aromatic rings. The summed E-state index contributed by atoms with van der Waals surface area (Å²) >= 11 is 1.59. The zero-order valence-electron chi connectivity index (χ0n) is 15.7. The van der Waals surface area contributed by atoms with Gasteiger partial charge in [0.1, 0.15) is 17.8 Å². The summed E-state index contributed by atoms with van der Waals surface area (Å²) in [6.07, 6.45) is 1.67. The Hall–Kier alpha value is -2.87. The van der Waals surface area contributed by atoms with Crippen molar-refractivity contribution < 1.29 is 9.21 Å². The van der Waals surface area contributed by atoms with Crippen molar-refractivity contribution in [3.63, 3.8) is 0 Å². The molecule has 3 rings (SSSR count). The number of nitrogens with zero attached hydrogens (tertiary/aromatic N) is 4. The van der Waals surface area contributed by atoms with Crippen LogP contribution < -0.4 is 5.43 Å². The van der Waals surface area contributed by atoms with Gasteiger partial charge in [-0.3, -0.25) is 4.79 Å². The molecule has 7 nitrogen and oxygen atoms in total. The Balaban J connectivity index is 1.59. The van der Waals surface area contributed by atoms with Crippen LogP contribution in [0.3, 0.4) is 0 Å². The van der Waals surface area contributed by atoms with Crippen molar-refractivity contribution in [1.82, 2.24) is 20.2 Å². The predicted molar refractivity (Wildman–Crippen MR) is 105 cm³/mol. The molecule has 0 saturated heterocycles. The Kier molecular flexibility index (Phi) is 5.75. The number of hydrazone groups is 1. The fraction of sp³-hybridized carbons (Fsp3) is 0.263. The SMILES string of the molecule is C/C(=N/NC(=O)c1ccc(CSc2nncn2C)cc1)c1cc(C)oc1C. The molecule has 1 aromatic carbocycles. The number of carbonyl (C=O) groups excluding carboxylic acids is 1. The molecule has 140 valence electrons. The van der Waals surface area contributed by atoms with Gasteiger partial charge in [0.2, 0.25) is 0 Å². The molecule has 2 aromatic heterocycles. The Morgan fingerprint density at radius 2 is 2.04 bits per heavy atom. The van der Waals surface area contributed by atoms with Gasteiger partial charge in [-0.1, -0.05) is 23.9 Å². The van der Waals surface area contributed by atoms with Crippen LogP contribution in [0.5, 0.6) is 0 Å². The van der Waals surface area contributed by atoms with Crippen LogP contribution in [0.1, 0.15) is 39.9 Å². The van der Waals surface area contributed by atoms with Gasteiger partial charge in [-0.25, -0.2) is 5.43 Å². The van der Waals surface area contributed by atoms with E-state index in [2.05, 4.69) is 20.7 Å². The van der Waals surface area contributed by atoms with E-state index in [-0.39, 0.29) is 5.91 Å². The number of aryl methyl sites for hydroxylation is 3. The van der Waals surface area contributed by atoms with Crippen LogP contribution in [0.15, 0.2) is 51.3 Å². The summed E-state index contributed by atoms with van der Waals surface area (Å²) in [5, 5.41) is 12.9. The molecule has 0 radical (unpaired) electrons. The second kappa shape index (κ2) is 8.22. The lowest BCUT2D eigenvalue weighted by atomic mass is 10.1. The lowest BCUT2D eigenvalue weighted by Crippen LogP contribution is -2.19. The van der Waals surface area contributed by atoms with Crippen molar-refractivity contribution in [2.75, 3.05) is 0 Å². The van der Waals surface area contributed by atoms with Crippen molar-refractivity contribution >= 4 is 23.4 Å². The zero-order chi connectivity index (χ0) is 19.4. The van der Waals surface area contributed by atoms with Gasteiger partial charge in [0, 0.05) is 23.9 Å². The summed E-state index contributed by atoms with van der Waals surface area (Å²) in [7, 11) is 1.91. The van der Waals surface area contributed by atoms with Gasteiger partial charge in [-0.05, 0) is 44.5 Å². The van der Waals surface area contributed by atoms with Crippen molar-refractivity contribution in [3.8, 4) is 0 Å². The third-order valence-electron chi connectivity index (χ3n) is 4.01. The fourth-order valence-corrected chi connectivity index (χ4v) is 3.40. The van der Waals surface area contributed by atoms with E-state index in [0.29, 0.717) is 11.3 Å². The standard InChI is InChI=1S/C19H21N5O2S/c1-12-9-17(14(3)26-12)13(2)21-22-18(25)16-7-5-15(6-8-16)10-27-19-23-20-11-24(19)4/h5-9,11H,10H2,1-4H3,(H,22,25)/b21-13-. The third kappa shape index (κ3) is 4.65. The minimum atomic E-state index is -0.250. The van der Waals surface area contributed by atoms with Crippen LogP contribution in [0, 0.1) is 13.8 Å². The van der Waals surface area contributed by atoms with Crippen molar-refractivity contribution in [2.24, 2.45) is 12.1 Å². The van der Waals surface area contributed by atoms with E-state index in [1.807, 2.05) is 50.6 Å². The highest BCUT2D eigenvalue weighted by Crippen LogP contribution is 2.20. The molecule has 1 N–H and O–H groups in total. The molecule has 0 aliphatic rings. The molecular formula is C19H21N5O2S. The minimum Gasteiger partial charge on any atom is -0.466 e. The lowest BCUT2D eigenvalue weighted by Gasteiger charge is -2.04. The Morgan fingerprint density at radius 1 is 1.30 bits per heavy atom. The first kappa shape index (κ1) is 18.9. The second-order valence-electron chi connectivity index (χ2n) is 6.18. The summed E-state index contributed by atoms with van der Waals surface area (Å²) in [5.74, 6) is 2.11. The minimum absolute atomic E-state index is 0.250. The molecule has 1 amide bonds. The number of hydrogen-bond acceptors (Lipinski definition) is 6.